The van der Waals surface area contributed by atoms with Crippen LogP contribution in [0.1, 0.15) is 11.4 Å². The molecular formula is C12H10F3N3. The van der Waals surface area contributed by atoms with Gasteiger partial charge in [-0.25, -0.2) is 9.97 Å². The van der Waals surface area contributed by atoms with Crippen molar-refractivity contribution >= 4 is 0 Å². The van der Waals surface area contributed by atoms with Gasteiger partial charge in [0.25, 0.3) is 0 Å². The van der Waals surface area contributed by atoms with Crippen molar-refractivity contribution in [2.45, 2.75) is 12.7 Å². The van der Waals surface area contributed by atoms with Gasteiger partial charge >= 0.3 is 6.18 Å². The SMILES string of the molecule is NCc1ncc(-c2ccc(C(F)(F)F)cc2)cn1. The van der Waals surface area contributed by atoms with Crippen molar-refractivity contribution in [1.82, 2.24) is 9.97 Å². The van der Waals surface area contributed by atoms with Crippen molar-refractivity contribution in [2.24, 2.45) is 5.73 Å². The lowest BCUT2D eigenvalue weighted by Crippen LogP contribution is -2.04. The van der Waals surface area contributed by atoms with Gasteiger partial charge in [-0.1, -0.05) is 12.1 Å². The molecule has 0 radical (unpaired) electrons. The van der Waals surface area contributed by atoms with Crippen molar-refractivity contribution in [3.05, 3.63) is 48.0 Å². The number of hydrogen-bond acceptors (Lipinski definition) is 3. The molecule has 0 saturated heterocycles. The van der Waals surface area contributed by atoms with E-state index in [1.165, 1.54) is 24.5 Å². The molecule has 3 nitrogen and oxygen atoms in total. The van der Waals surface area contributed by atoms with Crippen LogP contribution in [0, 0.1) is 0 Å². The first-order chi connectivity index (χ1) is 8.50. The molecule has 0 atom stereocenters. The van der Waals surface area contributed by atoms with Crippen molar-refractivity contribution in [2.75, 3.05) is 0 Å². The van der Waals surface area contributed by atoms with E-state index in [0.717, 1.165) is 12.1 Å². The van der Waals surface area contributed by atoms with Gasteiger partial charge in [-0.05, 0) is 17.7 Å². The van der Waals surface area contributed by atoms with Gasteiger partial charge < -0.3 is 5.73 Å². The number of benzene rings is 1. The molecule has 0 fully saturated rings. The molecule has 1 heterocycles. The number of halogens is 3. The zero-order valence-electron chi connectivity index (χ0n) is 9.28. The van der Waals surface area contributed by atoms with Crippen molar-refractivity contribution in [1.29, 1.82) is 0 Å². The average molecular weight is 253 g/mol. The quantitative estimate of drug-likeness (QED) is 0.895. The fourth-order valence-electron chi connectivity index (χ4n) is 1.46. The molecule has 0 saturated carbocycles. The van der Waals surface area contributed by atoms with Crippen LogP contribution >= 0.6 is 0 Å². The Morgan fingerprint density at radius 2 is 1.50 bits per heavy atom. The maximum atomic E-state index is 12.4. The van der Waals surface area contributed by atoms with E-state index in [1.54, 1.807) is 0 Å². The predicted molar refractivity (Wildman–Crippen MR) is 60.4 cm³/mol. The molecule has 1 aromatic carbocycles. The minimum atomic E-state index is -4.32. The molecule has 94 valence electrons. The van der Waals surface area contributed by atoms with Gasteiger partial charge in [-0.2, -0.15) is 13.2 Å². The lowest BCUT2D eigenvalue weighted by atomic mass is 10.1. The van der Waals surface area contributed by atoms with Crippen molar-refractivity contribution in [3.8, 4) is 11.1 Å². The Morgan fingerprint density at radius 3 is 1.94 bits per heavy atom. The summed E-state index contributed by atoms with van der Waals surface area (Å²) in [5.41, 5.74) is 5.97. The lowest BCUT2D eigenvalue weighted by molar-refractivity contribution is -0.137. The van der Waals surface area contributed by atoms with Gasteiger partial charge in [0, 0.05) is 18.0 Å². The van der Waals surface area contributed by atoms with E-state index in [9.17, 15) is 13.2 Å². The van der Waals surface area contributed by atoms with E-state index in [4.69, 9.17) is 5.73 Å². The molecule has 1 aromatic heterocycles. The van der Waals surface area contributed by atoms with Crippen LogP contribution in [0.2, 0.25) is 0 Å². The summed E-state index contributed by atoms with van der Waals surface area (Å²) in [6, 6.07) is 4.85. The summed E-state index contributed by atoms with van der Waals surface area (Å²) in [7, 11) is 0. The molecule has 0 aliphatic heterocycles. The Balaban J connectivity index is 2.28. The molecule has 6 heteroatoms. The van der Waals surface area contributed by atoms with E-state index in [-0.39, 0.29) is 6.54 Å². The first-order valence-electron chi connectivity index (χ1n) is 5.19. The van der Waals surface area contributed by atoms with Gasteiger partial charge in [0.05, 0.1) is 12.1 Å². The Kier molecular flexibility index (Phi) is 3.29. The van der Waals surface area contributed by atoms with Crippen LogP contribution in [0.4, 0.5) is 13.2 Å². The number of aromatic nitrogens is 2. The summed E-state index contributed by atoms with van der Waals surface area (Å²) in [5.74, 6) is 0.491. The highest BCUT2D eigenvalue weighted by molar-refractivity contribution is 5.61. The topological polar surface area (TPSA) is 51.8 Å². The van der Waals surface area contributed by atoms with Gasteiger partial charge in [-0.15, -0.1) is 0 Å². The Hall–Kier alpha value is -1.95. The average Bonchev–Trinajstić information content (AvgIpc) is 2.38. The molecule has 0 unspecified atom stereocenters. The maximum Gasteiger partial charge on any atom is 0.416 e. The van der Waals surface area contributed by atoms with Gasteiger partial charge in [0.2, 0.25) is 0 Å². The van der Waals surface area contributed by atoms with Crippen LogP contribution < -0.4 is 5.73 Å². The molecule has 0 aliphatic carbocycles. The number of rotatable bonds is 2. The van der Waals surface area contributed by atoms with Gasteiger partial charge in [0.1, 0.15) is 5.82 Å². The van der Waals surface area contributed by atoms with Gasteiger partial charge in [0.15, 0.2) is 0 Å². The highest BCUT2D eigenvalue weighted by atomic mass is 19.4. The van der Waals surface area contributed by atoms with Crippen LogP contribution in [0.3, 0.4) is 0 Å². The predicted octanol–water partition coefficient (Wildman–Crippen LogP) is 2.62. The molecule has 2 aromatic rings. The van der Waals surface area contributed by atoms with Crippen LogP contribution in [0.25, 0.3) is 11.1 Å². The fourth-order valence-corrected chi connectivity index (χ4v) is 1.46. The van der Waals surface area contributed by atoms with Crippen molar-refractivity contribution in [3.63, 3.8) is 0 Å². The molecule has 2 rings (SSSR count). The summed E-state index contributed by atoms with van der Waals surface area (Å²) in [5, 5.41) is 0. The second kappa shape index (κ2) is 4.73. The number of nitrogens with zero attached hydrogens (tertiary/aromatic N) is 2. The Bertz CT molecular complexity index is 518. The lowest BCUT2D eigenvalue weighted by Gasteiger charge is -2.07. The minimum Gasteiger partial charge on any atom is -0.324 e. The third kappa shape index (κ3) is 2.65. The van der Waals surface area contributed by atoms with Gasteiger partial charge in [-0.3, -0.25) is 0 Å². The standard InChI is InChI=1S/C12H10F3N3/c13-12(14,15)10-3-1-8(2-4-10)9-6-17-11(5-16)18-7-9/h1-4,6-7H,5,16H2. The molecule has 0 amide bonds. The zero-order valence-corrected chi connectivity index (χ0v) is 9.28. The monoisotopic (exact) mass is 253 g/mol. The summed E-state index contributed by atoms with van der Waals surface area (Å²) in [4.78, 5) is 7.97. The van der Waals surface area contributed by atoms with Crippen LogP contribution in [0.15, 0.2) is 36.7 Å². The second-order valence-electron chi connectivity index (χ2n) is 3.67. The second-order valence-corrected chi connectivity index (χ2v) is 3.67. The zero-order chi connectivity index (χ0) is 13.2. The Labute approximate surface area is 101 Å². The van der Waals surface area contributed by atoms with Crippen LogP contribution in [-0.4, -0.2) is 9.97 Å². The Morgan fingerprint density at radius 1 is 0.944 bits per heavy atom. The van der Waals surface area contributed by atoms with E-state index >= 15 is 0 Å². The highest BCUT2D eigenvalue weighted by Gasteiger charge is 2.29. The molecule has 0 bridgehead atoms. The van der Waals surface area contributed by atoms with E-state index in [2.05, 4.69) is 9.97 Å². The summed E-state index contributed by atoms with van der Waals surface area (Å²) in [6.07, 6.45) is -1.24. The molecular weight excluding hydrogens is 243 g/mol. The summed E-state index contributed by atoms with van der Waals surface area (Å²) in [6.45, 7) is 0.229. The summed E-state index contributed by atoms with van der Waals surface area (Å²) >= 11 is 0. The molecule has 18 heavy (non-hydrogen) atoms. The third-order valence-electron chi connectivity index (χ3n) is 2.43. The molecule has 2 N–H and O–H groups in total. The van der Waals surface area contributed by atoms with E-state index < -0.39 is 11.7 Å². The van der Waals surface area contributed by atoms with Crippen LogP contribution in [0.5, 0.6) is 0 Å². The number of hydrogen-bond donors (Lipinski definition) is 1. The first-order valence-corrected chi connectivity index (χ1v) is 5.19. The normalized spacial score (nSPS) is 11.6. The highest BCUT2D eigenvalue weighted by Crippen LogP contribution is 2.30. The smallest absolute Gasteiger partial charge is 0.324 e. The fraction of sp³-hybridized carbons (Fsp3) is 0.167. The number of nitrogens with two attached hydrogens (primary N) is 1. The van der Waals surface area contributed by atoms with E-state index in [1.807, 2.05) is 0 Å². The number of alkyl halides is 3. The third-order valence-corrected chi connectivity index (χ3v) is 2.43. The first kappa shape index (κ1) is 12.5. The largest absolute Gasteiger partial charge is 0.416 e. The maximum absolute atomic E-state index is 12.4. The van der Waals surface area contributed by atoms with Crippen LogP contribution in [-0.2, 0) is 12.7 Å². The summed E-state index contributed by atoms with van der Waals surface area (Å²) < 4.78 is 37.1. The molecule has 0 aliphatic rings. The van der Waals surface area contributed by atoms with Crippen molar-refractivity contribution < 1.29 is 13.2 Å². The van der Waals surface area contributed by atoms with E-state index in [0.29, 0.717) is 17.0 Å². The minimum absolute atomic E-state index is 0.229. The molecule has 0 spiro atoms.